The molecule has 7 heteroatoms. The molecule has 5 nitrogen and oxygen atoms in total. The number of nitrogens with zero attached hydrogens (tertiary/aromatic N) is 2. The molecule has 2 aromatic rings. The molecule has 25 heavy (non-hydrogen) atoms. The molecular weight excluding hydrogens is 343 g/mol. The molecular formula is C18H21FN2O3S. The van der Waals surface area contributed by atoms with E-state index in [9.17, 15) is 19.4 Å². The zero-order chi connectivity index (χ0) is 18.0. The van der Waals surface area contributed by atoms with E-state index >= 15 is 0 Å². The number of rotatable bonds is 5. The number of aliphatic carboxylic acids is 1. The average molecular weight is 364 g/mol. The van der Waals surface area contributed by atoms with Crippen LogP contribution in [0, 0.1) is 18.2 Å². The molecule has 1 fully saturated rings. The van der Waals surface area contributed by atoms with E-state index in [1.54, 1.807) is 29.0 Å². The van der Waals surface area contributed by atoms with Crippen LogP contribution in [0.5, 0.6) is 0 Å². The number of aryl methyl sites for hydroxylation is 1. The molecule has 1 aromatic heterocycles. The van der Waals surface area contributed by atoms with E-state index in [2.05, 4.69) is 9.88 Å². The second-order valence-electron chi connectivity index (χ2n) is 6.64. The zero-order valence-electron chi connectivity index (χ0n) is 14.0. The first kappa shape index (κ1) is 18.0. The molecule has 1 aromatic carbocycles. The van der Waals surface area contributed by atoms with Crippen molar-refractivity contribution < 1.29 is 19.4 Å². The fraction of sp³-hybridized carbons (Fsp3) is 0.444. The molecule has 1 aliphatic heterocycles. The Hall–Kier alpha value is -1.83. The molecule has 0 radical (unpaired) electrons. The summed E-state index contributed by atoms with van der Waals surface area (Å²) in [5.74, 6) is -1.38. The number of aromatic nitrogens is 1. The Kier molecular flexibility index (Phi) is 5.17. The maximum atomic E-state index is 13.1. The second-order valence-corrected chi connectivity index (χ2v) is 7.58. The molecule has 2 N–H and O–H groups in total. The van der Waals surface area contributed by atoms with Gasteiger partial charge in [0.15, 0.2) is 0 Å². The van der Waals surface area contributed by atoms with Crippen molar-refractivity contribution in [1.82, 2.24) is 9.88 Å². The minimum Gasteiger partial charge on any atom is -0.481 e. The topological polar surface area (TPSA) is 73.7 Å². The van der Waals surface area contributed by atoms with Crippen LogP contribution in [0.15, 0.2) is 29.8 Å². The SMILES string of the molecule is Cc1ncsc1CN1CC[C@H](O)[C@](Cc2ccc(F)cc2)(C(=O)O)C1. The van der Waals surface area contributed by atoms with Crippen LogP contribution in [0.3, 0.4) is 0 Å². The van der Waals surface area contributed by atoms with Crippen molar-refractivity contribution in [2.45, 2.75) is 32.4 Å². The Morgan fingerprint density at radius 2 is 2.16 bits per heavy atom. The standard InChI is InChI=1S/C18H21FN2O3S/c1-12-15(25-11-20-12)9-21-7-6-16(22)18(10-21,17(23)24)8-13-2-4-14(19)5-3-13/h2-5,11,16,22H,6-10H2,1H3,(H,23,24)/t16-,18+/m0/s1. The number of benzene rings is 1. The summed E-state index contributed by atoms with van der Waals surface area (Å²) in [6, 6.07) is 5.80. The van der Waals surface area contributed by atoms with Crippen molar-refractivity contribution in [1.29, 1.82) is 0 Å². The van der Waals surface area contributed by atoms with E-state index in [0.717, 1.165) is 10.6 Å². The lowest BCUT2D eigenvalue weighted by molar-refractivity contribution is -0.163. The first-order chi connectivity index (χ1) is 11.9. The Morgan fingerprint density at radius 3 is 2.76 bits per heavy atom. The van der Waals surface area contributed by atoms with E-state index in [4.69, 9.17) is 0 Å². The third-order valence-electron chi connectivity index (χ3n) is 4.93. The first-order valence-electron chi connectivity index (χ1n) is 8.18. The molecule has 0 spiro atoms. The average Bonchev–Trinajstić information content (AvgIpc) is 2.97. The summed E-state index contributed by atoms with van der Waals surface area (Å²) in [7, 11) is 0. The van der Waals surface area contributed by atoms with Crippen LogP contribution in [0.1, 0.15) is 22.6 Å². The van der Waals surface area contributed by atoms with Gasteiger partial charge in [0.25, 0.3) is 0 Å². The molecule has 0 bridgehead atoms. The predicted molar refractivity (Wildman–Crippen MR) is 92.9 cm³/mol. The van der Waals surface area contributed by atoms with Gasteiger partial charge in [-0.2, -0.15) is 0 Å². The Bertz CT molecular complexity index is 749. The number of carbonyl (C=O) groups is 1. The minimum absolute atomic E-state index is 0.169. The molecule has 1 aliphatic rings. The van der Waals surface area contributed by atoms with Crippen molar-refractivity contribution >= 4 is 17.3 Å². The summed E-state index contributed by atoms with van der Waals surface area (Å²) in [5.41, 5.74) is 2.15. The Balaban J connectivity index is 1.83. The number of thiazole rings is 1. The van der Waals surface area contributed by atoms with Gasteiger partial charge in [-0.05, 0) is 37.5 Å². The Morgan fingerprint density at radius 1 is 1.44 bits per heavy atom. The van der Waals surface area contributed by atoms with Gasteiger partial charge >= 0.3 is 5.97 Å². The van der Waals surface area contributed by atoms with Crippen LogP contribution in [-0.4, -0.2) is 45.3 Å². The highest BCUT2D eigenvalue weighted by Gasteiger charge is 2.49. The van der Waals surface area contributed by atoms with E-state index in [-0.39, 0.29) is 18.8 Å². The predicted octanol–water partition coefficient (Wildman–Crippen LogP) is 2.47. The van der Waals surface area contributed by atoms with Crippen molar-refractivity contribution in [2.75, 3.05) is 13.1 Å². The van der Waals surface area contributed by atoms with Crippen LogP contribution in [0.25, 0.3) is 0 Å². The fourth-order valence-corrected chi connectivity index (χ4v) is 4.23. The summed E-state index contributed by atoms with van der Waals surface area (Å²) in [6.07, 6.45) is -0.373. The van der Waals surface area contributed by atoms with Crippen molar-refractivity contribution in [3.8, 4) is 0 Å². The number of carboxylic acid groups (broad SMARTS) is 1. The molecule has 0 aliphatic carbocycles. The highest BCUT2D eigenvalue weighted by Crippen LogP contribution is 2.35. The highest BCUT2D eigenvalue weighted by atomic mass is 32.1. The van der Waals surface area contributed by atoms with Crippen LogP contribution < -0.4 is 0 Å². The quantitative estimate of drug-likeness (QED) is 0.853. The summed E-state index contributed by atoms with van der Waals surface area (Å²) < 4.78 is 13.1. The molecule has 2 atom stereocenters. The summed E-state index contributed by atoms with van der Waals surface area (Å²) in [4.78, 5) is 19.5. The lowest BCUT2D eigenvalue weighted by atomic mass is 9.73. The monoisotopic (exact) mass is 364 g/mol. The number of aliphatic hydroxyl groups excluding tert-OH is 1. The summed E-state index contributed by atoms with van der Waals surface area (Å²) in [6.45, 7) is 3.45. The number of likely N-dealkylation sites (tertiary alicyclic amines) is 1. The van der Waals surface area contributed by atoms with Gasteiger partial charge in [0.05, 0.1) is 17.3 Å². The molecule has 0 saturated carbocycles. The third kappa shape index (κ3) is 3.73. The van der Waals surface area contributed by atoms with Crippen LogP contribution in [0.2, 0.25) is 0 Å². The molecule has 0 amide bonds. The number of aliphatic hydroxyl groups is 1. The number of hydrogen-bond acceptors (Lipinski definition) is 5. The number of piperidine rings is 1. The number of hydrogen-bond donors (Lipinski definition) is 2. The van der Waals surface area contributed by atoms with Gasteiger partial charge in [0.2, 0.25) is 0 Å². The van der Waals surface area contributed by atoms with Crippen molar-refractivity contribution in [3.63, 3.8) is 0 Å². The fourth-order valence-electron chi connectivity index (χ4n) is 3.41. The van der Waals surface area contributed by atoms with Gasteiger partial charge in [-0.3, -0.25) is 9.69 Å². The van der Waals surface area contributed by atoms with E-state index in [0.29, 0.717) is 25.1 Å². The number of halogens is 1. The van der Waals surface area contributed by atoms with Gasteiger partial charge < -0.3 is 10.2 Å². The largest absolute Gasteiger partial charge is 0.481 e. The molecule has 2 heterocycles. The third-order valence-corrected chi connectivity index (χ3v) is 5.85. The maximum absolute atomic E-state index is 13.1. The summed E-state index contributed by atoms with van der Waals surface area (Å²) >= 11 is 1.55. The van der Waals surface area contributed by atoms with E-state index in [1.165, 1.54) is 12.1 Å². The molecule has 3 rings (SSSR count). The molecule has 1 saturated heterocycles. The smallest absolute Gasteiger partial charge is 0.313 e. The lowest BCUT2D eigenvalue weighted by Gasteiger charge is -2.43. The normalized spacial score (nSPS) is 24.4. The van der Waals surface area contributed by atoms with Gasteiger partial charge in [0, 0.05) is 24.5 Å². The van der Waals surface area contributed by atoms with Crippen LogP contribution >= 0.6 is 11.3 Å². The van der Waals surface area contributed by atoms with E-state index in [1.807, 2.05) is 6.92 Å². The highest BCUT2D eigenvalue weighted by molar-refractivity contribution is 7.09. The maximum Gasteiger partial charge on any atom is 0.313 e. The van der Waals surface area contributed by atoms with Crippen molar-refractivity contribution in [3.05, 3.63) is 51.7 Å². The van der Waals surface area contributed by atoms with Gasteiger partial charge in [-0.1, -0.05) is 12.1 Å². The van der Waals surface area contributed by atoms with Gasteiger partial charge in [-0.25, -0.2) is 9.37 Å². The zero-order valence-corrected chi connectivity index (χ0v) is 14.8. The second kappa shape index (κ2) is 7.19. The van der Waals surface area contributed by atoms with Gasteiger partial charge in [0.1, 0.15) is 11.2 Å². The van der Waals surface area contributed by atoms with E-state index < -0.39 is 17.5 Å². The van der Waals surface area contributed by atoms with Crippen LogP contribution in [0.4, 0.5) is 4.39 Å². The number of carboxylic acids is 1. The van der Waals surface area contributed by atoms with Gasteiger partial charge in [-0.15, -0.1) is 11.3 Å². The first-order valence-corrected chi connectivity index (χ1v) is 9.06. The minimum atomic E-state index is -1.30. The Labute approximate surface area is 149 Å². The molecule has 0 unspecified atom stereocenters. The van der Waals surface area contributed by atoms with Crippen molar-refractivity contribution in [2.24, 2.45) is 5.41 Å². The lowest BCUT2D eigenvalue weighted by Crippen LogP contribution is -2.56. The summed E-state index contributed by atoms with van der Waals surface area (Å²) in [5, 5.41) is 20.4. The molecule has 134 valence electrons. The van der Waals surface area contributed by atoms with Crippen LogP contribution in [-0.2, 0) is 17.8 Å².